The van der Waals surface area contributed by atoms with Crippen molar-refractivity contribution in [2.24, 2.45) is 10.2 Å². The second-order valence-electron chi connectivity index (χ2n) is 9.98. The molecular weight excluding hydrogens is 572 g/mol. The Labute approximate surface area is 243 Å². The number of benzene rings is 3. The molecule has 42 heavy (non-hydrogen) atoms. The van der Waals surface area contributed by atoms with Gasteiger partial charge < -0.3 is 9.84 Å². The van der Waals surface area contributed by atoms with Gasteiger partial charge in [0.25, 0.3) is 0 Å². The maximum atomic E-state index is 15.0. The maximum Gasteiger partial charge on any atom is 0.573 e. The fourth-order valence-corrected chi connectivity index (χ4v) is 5.42. The normalized spacial score (nSPS) is 18.5. The topological polar surface area (TPSA) is 88.1 Å². The molecule has 0 radical (unpaired) electrons. The van der Waals surface area contributed by atoms with Crippen molar-refractivity contribution in [1.82, 2.24) is 14.8 Å². The Morgan fingerprint density at radius 1 is 1.07 bits per heavy atom. The van der Waals surface area contributed by atoms with Crippen molar-refractivity contribution in [2.45, 2.75) is 38.8 Å². The predicted octanol–water partition coefficient (Wildman–Crippen LogP) is 6.75. The number of ether oxygens (including phenoxy) is 1. The molecule has 3 aromatic carbocycles. The number of hydrogen-bond donors (Lipinski definition) is 1. The van der Waals surface area contributed by atoms with Gasteiger partial charge in [0.2, 0.25) is 0 Å². The molecule has 4 aromatic rings. The summed E-state index contributed by atoms with van der Waals surface area (Å²) in [6.45, 7) is 5.54. The molecule has 5 rings (SSSR count). The molecule has 1 atom stereocenters. The highest BCUT2D eigenvalue weighted by Gasteiger charge is 2.43. The maximum absolute atomic E-state index is 15.0. The van der Waals surface area contributed by atoms with Crippen molar-refractivity contribution < 1.29 is 27.4 Å². The average Bonchev–Trinajstić information content (AvgIpc) is 3.53. The van der Waals surface area contributed by atoms with Crippen LogP contribution in [0.15, 0.2) is 83.3 Å². The first-order valence-electron chi connectivity index (χ1n) is 12.8. The van der Waals surface area contributed by atoms with Crippen LogP contribution in [0.25, 0.3) is 17.1 Å². The molecule has 0 saturated carbocycles. The lowest BCUT2D eigenvalue weighted by Gasteiger charge is -2.33. The zero-order valence-electron chi connectivity index (χ0n) is 22.7. The number of aromatic nitrogens is 3. The van der Waals surface area contributed by atoms with Crippen LogP contribution in [0.2, 0.25) is 0 Å². The second kappa shape index (κ2) is 11.6. The number of thioether (sulfide) groups is 1. The quantitative estimate of drug-likeness (QED) is 0.144. The van der Waals surface area contributed by atoms with E-state index >= 15 is 4.39 Å². The summed E-state index contributed by atoms with van der Waals surface area (Å²) in [5.41, 5.74) is 1.66. The number of anilines is 1. The van der Waals surface area contributed by atoms with E-state index in [4.69, 9.17) is 0 Å². The molecular formula is C29H26F4N6O2S. The zero-order chi connectivity index (χ0) is 30.1. The van der Waals surface area contributed by atoms with Crippen molar-refractivity contribution in [1.29, 1.82) is 0 Å². The lowest BCUT2D eigenvalue weighted by molar-refractivity contribution is -0.274. The molecule has 2 heterocycles. The molecule has 1 unspecified atom stereocenters. The Bertz CT molecular complexity index is 1620. The summed E-state index contributed by atoms with van der Waals surface area (Å²) in [6, 6.07) is 17.3. The van der Waals surface area contributed by atoms with Crippen molar-refractivity contribution >= 4 is 28.8 Å². The monoisotopic (exact) mass is 598 g/mol. The van der Waals surface area contributed by atoms with Crippen LogP contribution in [0, 0.1) is 5.82 Å². The van der Waals surface area contributed by atoms with Crippen molar-refractivity contribution in [3.63, 3.8) is 0 Å². The van der Waals surface area contributed by atoms with E-state index in [0.717, 1.165) is 11.1 Å². The molecule has 8 nitrogen and oxygen atoms in total. The molecule has 1 aliphatic rings. The van der Waals surface area contributed by atoms with Gasteiger partial charge in [0.05, 0.1) is 17.6 Å². The van der Waals surface area contributed by atoms with Crippen LogP contribution in [-0.4, -0.2) is 49.1 Å². The third kappa shape index (κ3) is 6.47. The minimum Gasteiger partial charge on any atom is -0.406 e. The van der Waals surface area contributed by atoms with E-state index < -0.39 is 17.9 Å². The summed E-state index contributed by atoms with van der Waals surface area (Å²) in [5.74, 6) is -0.0291. The van der Waals surface area contributed by atoms with Gasteiger partial charge in [-0.05, 0) is 54.3 Å². The number of hydrogen-bond acceptors (Lipinski definition) is 7. The van der Waals surface area contributed by atoms with E-state index in [1.54, 1.807) is 43.5 Å². The number of para-hydroxylation sites is 1. The molecule has 1 saturated heterocycles. The lowest BCUT2D eigenvalue weighted by Crippen LogP contribution is -2.46. The fraction of sp³-hybridized carbons (Fsp3) is 0.241. The predicted molar refractivity (Wildman–Crippen MR) is 155 cm³/mol. The van der Waals surface area contributed by atoms with Gasteiger partial charge in [-0.3, -0.25) is 4.90 Å². The number of rotatable bonds is 7. The van der Waals surface area contributed by atoms with Crippen molar-refractivity contribution in [3.8, 4) is 22.8 Å². The number of amidine groups is 1. The number of halogens is 4. The number of nitrogens with zero attached hydrogens (tertiary/aromatic N) is 6. The number of aliphatic hydroxyl groups is 1. The first kappa shape index (κ1) is 29.3. The Hall–Kier alpha value is -4.23. The summed E-state index contributed by atoms with van der Waals surface area (Å²) >= 11 is 1.29. The first-order chi connectivity index (χ1) is 19.9. The molecule has 1 N–H and O–H groups in total. The summed E-state index contributed by atoms with van der Waals surface area (Å²) < 4.78 is 57.5. The average molecular weight is 599 g/mol. The van der Waals surface area contributed by atoms with E-state index in [9.17, 15) is 18.3 Å². The third-order valence-electron chi connectivity index (χ3n) is 6.36. The van der Waals surface area contributed by atoms with Crippen LogP contribution in [0.5, 0.6) is 5.75 Å². The molecule has 1 fully saturated rings. The largest absolute Gasteiger partial charge is 0.573 e. The summed E-state index contributed by atoms with van der Waals surface area (Å²) in [4.78, 5) is 5.79. The van der Waals surface area contributed by atoms with Gasteiger partial charge in [0.1, 0.15) is 17.9 Å². The van der Waals surface area contributed by atoms with E-state index in [-0.39, 0.29) is 11.7 Å². The van der Waals surface area contributed by atoms with Gasteiger partial charge in [-0.2, -0.15) is 5.10 Å². The Morgan fingerprint density at radius 3 is 2.45 bits per heavy atom. The highest BCUT2D eigenvalue weighted by Crippen LogP contribution is 2.41. The Balaban J connectivity index is 1.31. The smallest absolute Gasteiger partial charge is 0.406 e. The minimum absolute atomic E-state index is 0.0275. The Morgan fingerprint density at radius 2 is 1.79 bits per heavy atom. The van der Waals surface area contributed by atoms with Gasteiger partial charge in [0.15, 0.2) is 16.7 Å². The number of alkyl halides is 3. The molecule has 218 valence electrons. The summed E-state index contributed by atoms with van der Waals surface area (Å²) in [7, 11) is 0. The van der Waals surface area contributed by atoms with Gasteiger partial charge in [-0.1, -0.05) is 62.0 Å². The Kier molecular flexibility index (Phi) is 8.06. The van der Waals surface area contributed by atoms with Gasteiger partial charge in [0, 0.05) is 11.3 Å². The van der Waals surface area contributed by atoms with Crippen LogP contribution in [0.4, 0.5) is 23.2 Å². The SMILES string of the molecule is CC(C)c1cccc(F)c1N1/C(=N/N=C/c2ccc(-c3ncn(-c4ccc(OC(F)(F)F)cc4)n3)cc2)SCC1(C)O. The molecule has 0 bridgehead atoms. The second-order valence-corrected chi connectivity index (χ2v) is 10.9. The third-order valence-corrected chi connectivity index (χ3v) is 7.57. The fourth-order valence-electron chi connectivity index (χ4n) is 4.36. The van der Waals surface area contributed by atoms with Crippen LogP contribution in [-0.2, 0) is 0 Å². The zero-order valence-corrected chi connectivity index (χ0v) is 23.6. The van der Waals surface area contributed by atoms with E-state index in [1.807, 2.05) is 19.9 Å². The van der Waals surface area contributed by atoms with Crippen LogP contribution < -0.4 is 9.64 Å². The summed E-state index contributed by atoms with van der Waals surface area (Å²) in [5, 5.41) is 24.3. The van der Waals surface area contributed by atoms with Crippen molar-refractivity contribution in [3.05, 3.63) is 90.0 Å². The minimum atomic E-state index is -4.76. The van der Waals surface area contributed by atoms with Crippen molar-refractivity contribution in [2.75, 3.05) is 10.7 Å². The summed E-state index contributed by atoms with van der Waals surface area (Å²) in [6.07, 6.45) is -1.76. The van der Waals surface area contributed by atoms with Crippen LogP contribution in [0.3, 0.4) is 0 Å². The molecule has 0 spiro atoms. The van der Waals surface area contributed by atoms with E-state index in [2.05, 4.69) is 25.0 Å². The van der Waals surface area contributed by atoms with E-state index in [0.29, 0.717) is 33.7 Å². The lowest BCUT2D eigenvalue weighted by atomic mass is 9.99. The first-order valence-corrected chi connectivity index (χ1v) is 13.8. The van der Waals surface area contributed by atoms with Gasteiger partial charge in [-0.25, -0.2) is 14.1 Å². The highest BCUT2D eigenvalue weighted by molar-refractivity contribution is 8.14. The molecule has 0 amide bonds. The molecule has 1 aromatic heterocycles. The highest BCUT2D eigenvalue weighted by atomic mass is 32.2. The van der Waals surface area contributed by atoms with Gasteiger partial charge >= 0.3 is 6.36 Å². The van der Waals surface area contributed by atoms with E-state index in [1.165, 1.54) is 58.0 Å². The molecule has 13 heteroatoms. The van der Waals surface area contributed by atoms with Gasteiger partial charge in [-0.15, -0.1) is 23.4 Å². The standard InChI is InChI=1S/C29H26F4N6O2S/c1-18(2)23-5-4-6-24(30)25(23)39-27(42-16-28(39,3)40)36-35-15-19-7-9-20(10-8-19)26-34-17-38(37-26)21-11-13-22(14-12-21)41-29(31,32)33/h4-15,17-18,40H,16H2,1-3H3/b35-15+,36-27-. The molecule has 0 aliphatic carbocycles. The molecule has 1 aliphatic heterocycles. The van der Waals surface area contributed by atoms with Crippen LogP contribution >= 0.6 is 11.8 Å². The van der Waals surface area contributed by atoms with Crippen LogP contribution in [0.1, 0.15) is 37.8 Å².